The van der Waals surface area contributed by atoms with Gasteiger partial charge in [0.2, 0.25) is 0 Å². The Morgan fingerprint density at radius 3 is 3.11 bits per heavy atom. The Bertz CT molecular complexity index is 588. The topological polar surface area (TPSA) is 71.6 Å². The van der Waals surface area contributed by atoms with Crippen molar-refractivity contribution < 1.29 is 9.84 Å². The maximum absolute atomic E-state index is 9.51. The summed E-state index contributed by atoms with van der Waals surface area (Å²) in [5, 5.41) is 10.5. The summed E-state index contributed by atoms with van der Waals surface area (Å²) in [4.78, 5) is 6.47. The van der Waals surface area contributed by atoms with Crippen molar-refractivity contribution in [1.29, 1.82) is 0 Å². The number of nitrogens with zero attached hydrogens (tertiary/aromatic N) is 2. The predicted octanol–water partition coefficient (Wildman–Crippen LogP) is 1.01. The molecule has 0 bridgehead atoms. The molecule has 3 N–H and O–H groups in total. The van der Waals surface area contributed by atoms with Crippen LogP contribution in [0.1, 0.15) is 0 Å². The Balaban J connectivity index is 2.14. The highest BCUT2D eigenvalue weighted by molar-refractivity contribution is 5.97. The molecule has 0 spiro atoms. The van der Waals surface area contributed by atoms with E-state index in [4.69, 9.17) is 10.5 Å². The first-order chi connectivity index (χ1) is 9.31. The number of hydrogen-bond donors (Lipinski definition) is 2. The zero-order valence-corrected chi connectivity index (χ0v) is 10.6. The molecule has 0 radical (unpaired) electrons. The number of hydrogen-bond acceptors (Lipinski definition) is 5. The number of aromatic nitrogens is 1. The van der Waals surface area contributed by atoms with E-state index >= 15 is 0 Å². The minimum atomic E-state index is -0.0538. The number of ether oxygens (including phenoxy) is 1. The van der Waals surface area contributed by atoms with Crippen LogP contribution in [-0.2, 0) is 4.74 Å². The van der Waals surface area contributed by atoms with Gasteiger partial charge in [0.1, 0.15) is 0 Å². The summed E-state index contributed by atoms with van der Waals surface area (Å²) in [7, 11) is 0. The molecule has 1 atom stereocenters. The third kappa shape index (κ3) is 2.11. The average Bonchev–Trinajstić information content (AvgIpc) is 2.47. The SMILES string of the molecule is Nc1cnc2ccccc2c1N1CCOCC1CO. The summed E-state index contributed by atoms with van der Waals surface area (Å²) in [5.74, 6) is 0. The van der Waals surface area contributed by atoms with E-state index in [0.29, 0.717) is 18.9 Å². The molecule has 5 nitrogen and oxygen atoms in total. The second-order valence-corrected chi connectivity index (χ2v) is 4.68. The van der Waals surface area contributed by atoms with Crippen LogP contribution in [-0.4, -0.2) is 42.5 Å². The minimum absolute atomic E-state index is 0.0517. The Morgan fingerprint density at radius 2 is 2.26 bits per heavy atom. The van der Waals surface area contributed by atoms with Gasteiger partial charge in [-0.2, -0.15) is 0 Å². The lowest BCUT2D eigenvalue weighted by Crippen LogP contribution is -2.48. The van der Waals surface area contributed by atoms with Gasteiger partial charge < -0.3 is 20.5 Å². The lowest BCUT2D eigenvalue weighted by molar-refractivity contribution is 0.0729. The molecule has 0 saturated carbocycles. The van der Waals surface area contributed by atoms with E-state index in [-0.39, 0.29) is 12.6 Å². The van der Waals surface area contributed by atoms with Gasteiger partial charge in [0.25, 0.3) is 0 Å². The Hall–Kier alpha value is -1.85. The number of para-hydroxylation sites is 1. The van der Waals surface area contributed by atoms with Crippen LogP contribution in [0.2, 0.25) is 0 Å². The van der Waals surface area contributed by atoms with Gasteiger partial charge in [0.05, 0.1) is 49.0 Å². The Kier molecular flexibility index (Phi) is 3.23. The normalized spacial score (nSPS) is 19.8. The number of morpholine rings is 1. The fraction of sp³-hybridized carbons (Fsp3) is 0.357. The van der Waals surface area contributed by atoms with Crippen molar-refractivity contribution in [3.05, 3.63) is 30.5 Å². The molecule has 2 aromatic rings. The lowest BCUT2D eigenvalue weighted by atomic mass is 10.1. The fourth-order valence-electron chi connectivity index (χ4n) is 2.56. The third-order valence-electron chi connectivity index (χ3n) is 3.50. The number of benzene rings is 1. The van der Waals surface area contributed by atoms with E-state index in [2.05, 4.69) is 9.88 Å². The number of anilines is 2. The van der Waals surface area contributed by atoms with Gasteiger partial charge in [-0.15, -0.1) is 0 Å². The first-order valence-electron chi connectivity index (χ1n) is 6.39. The van der Waals surface area contributed by atoms with Crippen molar-refractivity contribution in [1.82, 2.24) is 4.98 Å². The number of nitrogens with two attached hydrogens (primary N) is 1. The third-order valence-corrected chi connectivity index (χ3v) is 3.50. The van der Waals surface area contributed by atoms with E-state index in [1.54, 1.807) is 6.20 Å². The molecule has 1 saturated heterocycles. The van der Waals surface area contributed by atoms with E-state index in [1.807, 2.05) is 24.3 Å². The van der Waals surface area contributed by atoms with Crippen LogP contribution in [0.25, 0.3) is 10.9 Å². The predicted molar refractivity (Wildman–Crippen MR) is 75.2 cm³/mol. The molecule has 1 aromatic heterocycles. The Labute approximate surface area is 111 Å². The summed E-state index contributed by atoms with van der Waals surface area (Å²) in [6.07, 6.45) is 1.68. The number of nitrogen functional groups attached to an aromatic ring is 1. The first-order valence-corrected chi connectivity index (χ1v) is 6.39. The van der Waals surface area contributed by atoms with Gasteiger partial charge in [0, 0.05) is 11.9 Å². The van der Waals surface area contributed by atoms with Crippen LogP contribution in [0.5, 0.6) is 0 Å². The van der Waals surface area contributed by atoms with Crippen molar-refractivity contribution in [2.45, 2.75) is 6.04 Å². The second kappa shape index (κ2) is 5.03. The highest BCUT2D eigenvalue weighted by Crippen LogP contribution is 2.33. The summed E-state index contributed by atoms with van der Waals surface area (Å²) in [6.45, 7) is 1.94. The molecule has 3 rings (SSSR count). The molecule has 1 aromatic carbocycles. The van der Waals surface area contributed by atoms with Gasteiger partial charge in [-0.25, -0.2) is 0 Å². The van der Waals surface area contributed by atoms with Gasteiger partial charge in [-0.1, -0.05) is 18.2 Å². The van der Waals surface area contributed by atoms with Crippen LogP contribution in [0, 0.1) is 0 Å². The molecule has 5 heteroatoms. The highest BCUT2D eigenvalue weighted by atomic mass is 16.5. The largest absolute Gasteiger partial charge is 0.396 e. The van der Waals surface area contributed by atoms with Gasteiger partial charge in [-0.3, -0.25) is 4.98 Å². The molecule has 19 heavy (non-hydrogen) atoms. The summed E-state index contributed by atoms with van der Waals surface area (Å²) in [6, 6.07) is 7.85. The summed E-state index contributed by atoms with van der Waals surface area (Å²) >= 11 is 0. The molecule has 1 aliphatic rings. The van der Waals surface area contributed by atoms with Crippen molar-refractivity contribution in [2.75, 3.05) is 37.0 Å². The quantitative estimate of drug-likeness (QED) is 0.842. The van der Waals surface area contributed by atoms with Crippen LogP contribution in [0.15, 0.2) is 30.5 Å². The second-order valence-electron chi connectivity index (χ2n) is 4.68. The smallest absolute Gasteiger partial charge is 0.0756 e. The van der Waals surface area contributed by atoms with Gasteiger partial charge >= 0.3 is 0 Å². The van der Waals surface area contributed by atoms with Crippen molar-refractivity contribution >= 4 is 22.3 Å². The van der Waals surface area contributed by atoms with E-state index < -0.39 is 0 Å². The molecule has 1 fully saturated rings. The minimum Gasteiger partial charge on any atom is -0.396 e. The van der Waals surface area contributed by atoms with E-state index in [9.17, 15) is 5.11 Å². The molecule has 0 aliphatic carbocycles. The van der Waals surface area contributed by atoms with Crippen LogP contribution in [0.3, 0.4) is 0 Å². The van der Waals surface area contributed by atoms with Crippen LogP contribution in [0.4, 0.5) is 11.4 Å². The molecule has 0 amide bonds. The molecule has 100 valence electrons. The molecule has 1 aliphatic heterocycles. The monoisotopic (exact) mass is 259 g/mol. The number of rotatable bonds is 2. The van der Waals surface area contributed by atoms with Crippen LogP contribution < -0.4 is 10.6 Å². The molecular weight excluding hydrogens is 242 g/mol. The lowest BCUT2D eigenvalue weighted by Gasteiger charge is -2.37. The zero-order valence-electron chi connectivity index (χ0n) is 10.6. The number of aliphatic hydroxyl groups excluding tert-OH is 1. The van der Waals surface area contributed by atoms with Crippen molar-refractivity contribution in [3.8, 4) is 0 Å². The average molecular weight is 259 g/mol. The maximum Gasteiger partial charge on any atom is 0.0756 e. The Morgan fingerprint density at radius 1 is 1.42 bits per heavy atom. The zero-order chi connectivity index (χ0) is 13.2. The molecular formula is C14H17N3O2. The summed E-state index contributed by atoms with van der Waals surface area (Å²) in [5.41, 5.74) is 8.61. The standard InChI is InChI=1S/C14H17N3O2/c15-12-7-16-13-4-2-1-3-11(13)14(12)17-5-6-19-9-10(17)8-18/h1-4,7,10,18H,5-6,8-9,15H2. The van der Waals surface area contributed by atoms with Crippen molar-refractivity contribution in [3.63, 3.8) is 0 Å². The van der Waals surface area contributed by atoms with E-state index in [0.717, 1.165) is 23.1 Å². The van der Waals surface area contributed by atoms with Crippen LogP contribution >= 0.6 is 0 Å². The number of fused-ring (bicyclic) bond motifs is 1. The molecule has 2 heterocycles. The summed E-state index contributed by atoms with van der Waals surface area (Å²) < 4.78 is 5.42. The van der Waals surface area contributed by atoms with Gasteiger partial charge in [0.15, 0.2) is 0 Å². The maximum atomic E-state index is 9.51. The fourth-order valence-corrected chi connectivity index (χ4v) is 2.56. The molecule has 1 unspecified atom stereocenters. The van der Waals surface area contributed by atoms with Gasteiger partial charge in [-0.05, 0) is 6.07 Å². The van der Waals surface area contributed by atoms with Crippen molar-refractivity contribution in [2.24, 2.45) is 0 Å². The number of aliphatic hydroxyl groups is 1. The number of pyridine rings is 1. The first kappa shape index (κ1) is 12.2. The van der Waals surface area contributed by atoms with E-state index in [1.165, 1.54) is 0 Å². The highest BCUT2D eigenvalue weighted by Gasteiger charge is 2.25.